The summed E-state index contributed by atoms with van der Waals surface area (Å²) in [6.07, 6.45) is 1.80. The number of carbonyl (C=O) groups is 3. The number of amides is 1. The van der Waals surface area contributed by atoms with Crippen LogP contribution in [-0.2, 0) is 20.7 Å². The van der Waals surface area contributed by atoms with Crippen molar-refractivity contribution in [3.8, 4) is 5.75 Å². The Hall–Kier alpha value is -3.15. The standard InChI is InChI=1S/C22H23NO5/c1-15-7-8-18-5-3-4-6-20(18)23(15)21(25)13-28-22(26)14-27-19-11-9-17(10-12-19)16(2)24/h3-6,9-12,15H,7-8,13-14H2,1-2H3. The van der Waals surface area contributed by atoms with Crippen LogP contribution in [0.15, 0.2) is 48.5 Å². The highest BCUT2D eigenvalue weighted by molar-refractivity contribution is 5.97. The molecule has 1 atom stereocenters. The van der Waals surface area contributed by atoms with Crippen molar-refractivity contribution in [2.24, 2.45) is 0 Å². The largest absolute Gasteiger partial charge is 0.482 e. The van der Waals surface area contributed by atoms with Gasteiger partial charge < -0.3 is 14.4 Å². The van der Waals surface area contributed by atoms with Crippen LogP contribution < -0.4 is 9.64 Å². The van der Waals surface area contributed by atoms with Gasteiger partial charge >= 0.3 is 5.97 Å². The SMILES string of the molecule is CC(=O)c1ccc(OCC(=O)OCC(=O)N2c3ccccc3CCC2C)cc1. The van der Waals surface area contributed by atoms with Crippen molar-refractivity contribution >= 4 is 23.3 Å². The van der Waals surface area contributed by atoms with Gasteiger partial charge in [0.25, 0.3) is 5.91 Å². The third-order valence-corrected chi connectivity index (χ3v) is 4.77. The molecule has 2 aromatic carbocycles. The van der Waals surface area contributed by atoms with E-state index in [1.165, 1.54) is 6.92 Å². The molecule has 3 rings (SSSR count). The van der Waals surface area contributed by atoms with E-state index in [2.05, 4.69) is 0 Å². The predicted molar refractivity (Wildman–Crippen MR) is 105 cm³/mol. The number of ether oxygens (including phenoxy) is 2. The highest BCUT2D eigenvalue weighted by Gasteiger charge is 2.28. The van der Waals surface area contributed by atoms with Crippen molar-refractivity contribution in [1.82, 2.24) is 0 Å². The molecule has 0 aliphatic carbocycles. The lowest BCUT2D eigenvalue weighted by Gasteiger charge is -2.35. The van der Waals surface area contributed by atoms with Gasteiger partial charge in [-0.2, -0.15) is 0 Å². The lowest BCUT2D eigenvalue weighted by atomic mass is 9.96. The summed E-state index contributed by atoms with van der Waals surface area (Å²) < 4.78 is 10.4. The number of aryl methyl sites for hydroxylation is 1. The van der Waals surface area contributed by atoms with E-state index in [-0.39, 0.29) is 30.9 Å². The van der Waals surface area contributed by atoms with E-state index in [1.807, 2.05) is 31.2 Å². The second kappa shape index (κ2) is 8.69. The third kappa shape index (κ3) is 4.57. The van der Waals surface area contributed by atoms with Gasteiger partial charge in [-0.3, -0.25) is 9.59 Å². The minimum atomic E-state index is -0.623. The number of hydrogen-bond donors (Lipinski definition) is 0. The molecule has 146 valence electrons. The average molecular weight is 381 g/mol. The number of ketones is 1. The first-order valence-corrected chi connectivity index (χ1v) is 9.25. The van der Waals surface area contributed by atoms with Crippen molar-refractivity contribution < 1.29 is 23.9 Å². The first kappa shape index (κ1) is 19.6. The normalized spacial score (nSPS) is 15.5. The molecule has 6 heteroatoms. The first-order chi connectivity index (χ1) is 13.5. The summed E-state index contributed by atoms with van der Waals surface area (Å²) in [6, 6.07) is 14.3. The van der Waals surface area contributed by atoms with Crippen LogP contribution in [0.3, 0.4) is 0 Å². The second-order valence-electron chi connectivity index (χ2n) is 6.81. The number of nitrogens with zero attached hydrogens (tertiary/aromatic N) is 1. The maximum absolute atomic E-state index is 12.6. The van der Waals surface area contributed by atoms with Crippen LogP contribution in [-0.4, -0.2) is 36.9 Å². The molecule has 1 aliphatic heterocycles. The molecule has 1 unspecified atom stereocenters. The van der Waals surface area contributed by atoms with Gasteiger partial charge in [0.15, 0.2) is 19.0 Å². The maximum atomic E-state index is 12.6. The molecule has 6 nitrogen and oxygen atoms in total. The summed E-state index contributed by atoms with van der Waals surface area (Å²) in [4.78, 5) is 37.5. The number of Topliss-reactive ketones (excluding diaryl/α,β-unsaturated/α-hetero) is 1. The van der Waals surface area contributed by atoms with Crippen LogP contribution in [0.1, 0.15) is 36.2 Å². The monoisotopic (exact) mass is 381 g/mol. The van der Waals surface area contributed by atoms with E-state index in [0.29, 0.717) is 11.3 Å². The highest BCUT2D eigenvalue weighted by atomic mass is 16.6. The Morgan fingerprint density at radius 1 is 1.04 bits per heavy atom. The minimum absolute atomic E-state index is 0.0435. The molecule has 0 saturated heterocycles. The zero-order chi connectivity index (χ0) is 20.1. The van der Waals surface area contributed by atoms with Crippen molar-refractivity contribution in [3.63, 3.8) is 0 Å². The fourth-order valence-electron chi connectivity index (χ4n) is 3.25. The summed E-state index contributed by atoms with van der Waals surface area (Å²) in [5.74, 6) is -0.467. The Kier molecular flexibility index (Phi) is 6.09. The molecular weight excluding hydrogens is 358 g/mol. The Morgan fingerprint density at radius 3 is 2.46 bits per heavy atom. The number of rotatable bonds is 6. The number of hydrogen-bond acceptors (Lipinski definition) is 5. The van der Waals surface area contributed by atoms with Gasteiger partial charge in [-0.1, -0.05) is 18.2 Å². The van der Waals surface area contributed by atoms with E-state index in [1.54, 1.807) is 29.2 Å². The van der Waals surface area contributed by atoms with Gasteiger partial charge in [-0.25, -0.2) is 4.79 Å². The number of esters is 1. The van der Waals surface area contributed by atoms with Crippen molar-refractivity contribution in [3.05, 3.63) is 59.7 Å². The van der Waals surface area contributed by atoms with E-state index >= 15 is 0 Å². The van der Waals surface area contributed by atoms with Crippen molar-refractivity contribution in [2.45, 2.75) is 32.7 Å². The zero-order valence-electron chi connectivity index (χ0n) is 16.0. The number of para-hydroxylation sites is 1. The summed E-state index contributed by atoms with van der Waals surface area (Å²) in [6.45, 7) is 2.83. The van der Waals surface area contributed by atoms with E-state index in [9.17, 15) is 14.4 Å². The van der Waals surface area contributed by atoms with Gasteiger partial charge in [0, 0.05) is 17.3 Å². The van der Waals surface area contributed by atoms with Crippen molar-refractivity contribution in [2.75, 3.05) is 18.1 Å². The first-order valence-electron chi connectivity index (χ1n) is 9.25. The van der Waals surface area contributed by atoms with Gasteiger partial charge in [-0.15, -0.1) is 0 Å². The molecule has 0 N–H and O–H groups in total. The van der Waals surface area contributed by atoms with Crippen LogP contribution in [0.4, 0.5) is 5.69 Å². The lowest BCUT2D eigenvalue weighted by Crippen LogP contribution is -2.44. The summed E-state index contributed by atoms with van der Waals surface area (Å²) in [5.41, 5.74) is 2.57. The molecule has 2 aromatic rings. The smallest absolute Gasteiger partial charge is 0.344 e. The fourth-order valence-corrected chi connectivity index (χ4v) is 3.25. The van der Waals surface area contributed by atoms with Crippen LogP contribution >= 0.6 is 0 Å². The van der Waals surface area contributed by atoms with E-state index < -0.39 is 5.97 Å². The van der Waals surface area contributed by atoms with Crippen molar-refractivity contribution in [1.29, 1.82) is 0 Å². The van der Waals surface area contributed by atoms with Crippen LogP contribution in [0.2, 0.25) is 0 Å². The molecule has 0 fully saturated rings. The molecule has 0 saturated carbocycles. The Balaban J connectivity index is 1.52. The average Bonchev–Trinajstić information content (AvgIpc) is 2.70. The molecule has 0 aromatic heterocycles. The fraction of sp³-hybridized carbons (Fsp3) is 0.318. The molecule has 1 aliphatic rings. The highest BCUT2D eigenvalue weighted by Crippen LogP contribution is 2.30. The summed E-state index contributed by atoms with van der Waals surface area (Å²) in [5, 5.41) is 0. The van der Waals surface area contributed by atoms with Gasteiger partial charge in [-0.05, 0) is 62.6 Å². The molecule has 28 heavy (non-hydrogen) atoms. The quantitative estimate of drug-likeness (QED) is 0.568. The van der Waals surface area contributed by atoms with Gasteiger partial charge in [0.05, 0.1) is 0 Å². The maximum Gasteiger partial charge on any atom is 0.344 e. The van der Waals surface area contributed by atoms with Crippen LogP contribution in [0.5, 0.6) is 5.75 Å². The predicted octanol–water partition coefficient (Wildman–Crippen LogP) is 3.18. The number of carbonyl (C=O) groups excluding carboxylic acids is 3. The van der Waals surface area contributed by atoms with E-state index in [0.717, 1.165) is 24.1 Å². The lowest BCUT2D eigenvalue weighted by molar-refractivity contribution is -0.149. The molecular formula is C22H23NO5. The third-order valence-electron chi connectivity index (χ3n) is 4.77. The minimum Gasteiger partial charge on any atom is -0.482 e. The molecule has 0 radical (unpaired) electrons. The van der Waals surface area contributed by atoms with Crippen LogP contribution in [0, 0.1) is 0 Å². The number of anilines is 1. The van der Waals surface area contributed by atoms with Crippen LogP contribution in [0.25, 0.3) is 0 Å². The topological polar surface area (TPSA) is 72.9 Å². The number of benzene rings is 2. The molecule has 0 spiro atoms. The molecule has 1 heterocycles. The van der Waals surface area contributed by atoms with E-state index in [4.69, 9.17) is 9.47 Å². The summed E-state index contributed by atoms with van der Waals surface area (Å²) in [7, 11) is 0. The Labute approximate surface area is 164 Å². The summed E-state index contributed by atoms with van der Waals surface area (Å²) >= 11 is 0. The molecule has 0 bridgehead atoms. The number of fused-ring (bicyclic) bond motifs is 1. The van der Waals surface area contributed by atoms with Gasteiger partial charge in [0.1, 0.15) is 5.75 Å². The Bertz CT molecular complexity index is 875. The Morgan fingerprint density at radius 2 is 1.75 bits per heavy atom. The zero-order valence-corrected chi connectivity index (χ0v) is 16.0. The second-order valence-corrected chi connectivity index (χ2v) is 6.81. The molecule has 1 amide bonds. The van der Waals surface area contributed by atoms with Gasteiger partial charge in [0.2, 0.25) is 0 Å².